The molecule has 0 aromatic heterocycles. The summed E-state index contributed by atoms with van der Waals surface area (Å²) in [7, 11) is 3.31. The minimum Gasteiger partial charge on any atom is -0.508 e. The second-order valence-electron chi connectivity index (χ2n) is 6.71. The predicted molar refractivity (Wildman–Crippen MR) is 93.7 cm³/mol. The summed E-state index contributed by atoms with van der Waals surface area (Å²) in [6.07, 6.45) is -0.507. The van der Waals surface area contributed by atoms with Gasteiger partial charge in [-0.2, -0.15) is 0 Å². The molecule has 2 aromatic carbocycles. The van der Waals surface area contributed by atoms with Gasteiger partial charge in [-0.05, 0) is 36.4 Å². The van der Waals surface area contributed by atoms with Crippen molar-refractivity contribution in [1.82, 2.24) is 0 Å². The Kier molecular flexibility index (Phi) is 4.38. The average Bonchev–Trinajstić information content (AvgIpc) is 2.65. The van der Waals surface area contributed by atoms with Crippen molar-refractivity contribution in [1.29, 1.82) is 0 Å². The van der Waals surface area contributed by atoms with Crippen molar-refractivity contribution in [2.24, 2.45) is 11.8 Å². The number of rotatable bonds is 3. The van der Waals surface area contributed by atoms with Crippen molar-refractivity contribution in [2.45, 2.75) is 12.2 Å². The third-order valence-electron chi connectivity index (χ3n) is 5.30. The summed E-state index contributed by atoms with van der Waals surface area (Å²) in [4.78, 5) is 0. The topological polar surface area (TPSA) is 77.4 Å². The number of ether oxygens (including phenoxy) is 4. The third kappa shape index (κ3) is 2.75. The minimum absolute atomic E-state index is 0.0326. The molecule has 138 valence electrons. The van der Waals surface area contributed by atoms with E-state index in [1.165, 1.54) is 0 Å². The van der Waals surface area contributed by atoms with E-state index in [9.17, 15) is 10.2 Å². The molecule has 4 rings (SSSR count). The van der Waals surface area contributed by atoms with Gasteiger partial charge in [-0.25, -0.2) is 0 Å². The molecule has 0 radical (unpaired) electrons. The normalized spacial score (nSPS) is 27.0. The predicted octanol–water partition coefficient (Wildman–Crippen LogP) is 3.19. The molecule has 2 aliphatic rings. The van der Waals surface area contributed by atoms with Crippen molar-refractivity contribution in [3.8, 4) is 23.0 Å². The van der Waals surface area contributed by atoms with Crippen LogP contribution in [0.15, 0.2) is 36.4 Å². The summed E-state index contributed by atoms with van der Waals surface area (Å²) in [5.74, 6) is 1.72. The summed E-state index contributed by atoms with van der Waals surface area (Å²) < 4.78 is 23.4. The Hall–Kier alpha value is -2.44. The maximum absolute atomic E-state index is 9.87. The number of aromatic hydroxyl groups is 2. The summed E-state index contributed by atoms with van der Waals surface area (Å²) in [5.41, 5.74) is 1.64. The van der Waals surface area contributed by atoms with Gasteiger partial charge < -0.3 is 29.2 Å². The zero-order valence-electron chi connectivity index (χ0n) is 14.7. The maximum atomic E-state index is 9.87. The molecule has 2 N–H and O–H groups in total. The van der Waals surface area contributed by atoms with Gasteiger partial charge in [-0.1, -0.05) is 0 Å². The molecule has 2 heterocycles. The van der Waals surface area contributed by atoms with Crippen LogP contribution in [0.4, 0.5) is 0 Å². The molecule has 2 aromatic rings. The van der Waals surface area contributed by atoms with Crippen molar-refractivity contribution in [3.63, 3.8) is 0 Å². The van der Waals surface area contributed by atoms with Crippen molar-refractivity contribution in [2.75, 3.05) is 27.4 Å². The SMILES string of the molecule is CO[C@@H]1c2cc(O)ccc2OC[C@@H]1[C@H]1COc2ccc(O)cc2[C@H]1OC. The van der Waals surface area contributed by atoms with E-state index in [-0.39, 0.29) is 35.5 Å². The Balaban J connectivity index is 1.70. The van der Waals surface area contributed by atoms with Gasteiger partial charge in [-0.3, -0.25) is 0 Å². The molecular formula is C20H22O6. The molecule has 4 atom stereocenters. The standard InChI is InChI=1S/C20H22O6/c1-23-19-13-7-11(21)3-5-17(13)25-9-15(19)16-10-26-18-6-4-12(22)8-14(18)20(16)24-2/h3-8,15-16,19-22H,9-10H2,1-2H3/t15-,16-,19-,20-/m1/s1. The first kappa shape index (κ1) is 17.0. The molecule has 0 aliphatic carbocycles. The van der Waals surface area contributed by atoms with Gasteiger partial charge in [0.15, 0.2) is 0 Å². The van der Waals surface area contributed by atoms with E-state index in [1.807, 2.05) is 0 Å². The molecule has 0 saturated heterocycles. The monoisotopic (exact) mass is 358 g/mol. The lowest BCUT2D eigenvalue weighted by Crippen LogP contribution is -2.41. The fraction of sp³-hybridized carbons (Fsp3) is 0.400. The Morgan fingerprint density at radius 2 is 1.19 bits per heavy atom. The summed E-state index contributed by atoms with van der Waals surface area (Å²) in [5, 5.41) is 19.7. The van der Waals surface area contributed by atoms with E-state index in [0.717, 1.165) is 22.6 Å². The van der Waals surface area contributed by atoms with Gasteiger partial charge in [-0.15, -0.1) is 0 Å². The number of fused-ring (bicyclic) bond motifs is 2. The molecule has 0 unspecified atom stereocenters. The van der Waals surface area contributed by atoms with E-state index in [1.54, 1.807) is 50.6 Å². The lowest BCUT2D eigenvalue weighted by Gasteiger charge is -2.42. The Bertz CT molecular complexity index is 737. The smallest absolute Gasteiger partial charge is 0.125 e. The number of benzene rings is 2. The lowest BCUT2D eigenvalue weighted by atomic mass is 9.77. The van der Waals surface area contributed by atoms with Crippen LogP contribution in [0.1, 0.15) is 23.3 Å². The van der Waals surface area contributed by atoms with Crippen LogP contribution in [0.2, 0.25) is 0 Å². The largest absolute Gasteiger partial charge is 0.508 e. The fourth-order valence-corrected chi connectivity index (χ4v) is 4.09. The zero-order valence-corrected chi connectivity index (χ0v) is 14.7. The van der Waals surface area contributed by atoms with Crippen LogP contribution in [0.5, 0.6) is 23.0 Å². The highest BCUT2D eigenvalue weighted by atomic mass is 16.5. The Labute approximate surface area is 151 Å². The van der Waals surface area contributed by atoms with E-state index in [0.29, 0.717) is 13.2 Å². The molecule has 6 nitrogen and oxygen atoms in total. The maximum Gasteiger partial charge on any atom is 0.125 e. The van der Waals surface area contributed by atoms with Crippen LogP contribution in [-0.2, 0) is 9.47 Å². The second-order valence-corrected chi connectivity index (χ2v) is 6.71. The molecule has 2 aliphatic heterocycles. The first-order chi connectivity index (χ1) is 12.6. The van der Waals surface area contributed by atoms with E-state index in [2.05, 4.69) is 0 Å². The average molecular weight is 358 g/mol. The molecule has 0 saturated carbocycles. The van der Waals surface area contributed by atoms with Crippen molar-refractivity contribution >= 4 is 0 Å². The first-order valence-corrected chi connectivity index (χ1v) is 8.59. The number of phenols is 2. The third-order valence-corrected chi connectivity index (χ3v) is 5.30. The van der Waals surface area contributed by atoms with Gasteiger partial charge in [0, 0.05) is 37.2 Å². The van der Waals surface area contributed by atoms with Crippen LogP contribution < -0.4 is 9.47 Å². The lowest BCUT2D eigenvalue weighted by molar-refractivity contribution is -0.0815. The summed E-state index contributed by atoms with van der Waals surface area (Å²) >= 11 is 0. The van der Waals surface area contributed by atoms with Gasteiger partial charge in [0.2, 0.25) is 0 Å². The number of hydrogen-bond donors (Lipinski definition) is 2. The van der Waals surface area contributed by atoms with E-state index >= 15 is 0 Å². The molecule has 26 heavy (non-hydrogen) atoms. The molecule has 6 heteroatoms. The highest BCUT2D eigenvalue weighted by molar-refractivity contribution is 5.45. The zero-order chi connectivity index (χ0) is 18.3. The quantitative estimate of drug-likeness (QED) is 0.877. The van der Waals surface area contributed by atoms with Crippen LogP contribution in [0.25, 0.3) is 0 Å². The minimum atomic E-state index is -0.254. The van der Waals surface area contributed by atoms with Gasteiger partial charge in [0.05, 0.1) is 25.4 Å². The molecule has 0 amide bonds. The highest BCUT2D eigenvalue weighted by Gasteiger charge is 2.44. The Morgan fingerprint density at radius 1 is 0.769 bits per heavy atom. The number of methoxy groups -OCH3 is 2. The van der Waals surface area contributed by atoms with Crippen LogP contribution in [-0.4, -0.2) is 37.6 Å². The van der Waals surface area contributed by atoms with E-state index in [4.69, 9.17) is 18.9 Å². The number of phenolic OH excluding ortho intramolecular Hbond substituents is 2. The van der Waals surface area contributed by atoms with Crippen LogP contribution in [0, 0.1) is 11.8 Å². The molecular weight excluding hydrogens is 336 g/mol. The van der Waals surface area contributed by atoms with Gasteiger partial charge >= 0.3 is 0 Å². The van der Waals surface area contributed by atoms with Crippen molar-refractivity contribution < 1.29 is 29.2 Å². The molecule has 0 bridgehead atoms. The Morgan fingerprint density at radius 3 is 1.58 bits per heavy atom. The molecule has 0 fully saturated rings. The highest BCUT2D eigenvalue weighted by Crippen LogP contribution is 2.49. The van der Waals surface area contributed by atoms with Crippen LogP contribution in [0.3, 0.4) is 0 Å². The fourth-order valence-electron chi connectivity index (χ4n) is 4.09. The number of hydrogen-bond acceptors (Lipinski definition) is 6. The van der Waals surface area contributed by atoms with Gasteiger partial charge in [0.1, 0.15) is 23.0 Å². The summed E-state index contributed by atoms with van der Waals surface area (Å²) in [6, 6.07) is 10.1. The second kappa shape index (κ2) is 6.70. The van der Waals surface area contributed by atoms with Crippen LogP contribution >= 0.6 is 0 Å². The molecule has 0 spiro atoms. The summed E-state index contributed by atoms with van der Waals surface area (Å²) in [6.45, 7) is 0.913. The van der Waals surface area contributed by atoms with Crippen molar-refractivity contribution in [3.05, 3.63) is 47.5 Å². The van der Waals surface area contributed by atoms with E-state index < -0.39 is 0 Å². The first-order valence-electron chi connectivity index (χ1n) is 8.59. The van der Waals surface area contributed by atoms with Gasteiger partial charge in [0.25, 0.3) is 0 Å².